The number of aryl methyl sites for hydroxylation is 1. The topological polar surface area (TPSA) is 115 Å². The zero-order valence-electron chi connectivity index (χ0n) is 20.7. The smallest absolute Gasteiger partial charge is 0.413 e. The van der Waals surface area contributed by atoms with Crippen LogP contribution < -0.4 is 10.9 Å². The summed E-state index contributed by atoms with van der Waals surface area (Å²) in [6, 6.07) is 16.8. The minimum atomic E-state index is -0.594. The normalized spacial score (nSPS) is 11.9. The first-order valence-corrected chi connectivity index (χ1v) is 12.0. The molecule has 1 atom stereocenters. The third-order valence-electron chi connectivity index (χ3n) is 6.19. The SMILES string of the molecule is CCOC(=O)Nc1nc2c(-c3ccccn3)cc(-c3cc(C)n(C(C)c4ccncc4)c(=O)c3)cc2[nH]1. The van der Waals surface area contributed by atoms with Gasteiger partial charge in [0.1, 0.15) is 0 Å². The lowest BCUT2D eigenvalue weighted by Gasteiger charge is -2.19. The zero-order chi connectivity index (χ0) is 25.9. The molecule has 0 bridgehead atoms. The highest BCUT2D eigenvalue weighted by molar-refractivity contribution is 5.97. The van der Waals surface area contributed by atoms with E-state index in [9.17, 15) is 9.59 Å². The Bertz CT molecular complexity index is 1630. The first-order chi connectivity index (χ1) is 17.9. The molecule has 4 aromatic heterocycles. The van der Waals surface area contributed by atoms with Gasteiger partial charge < -0.3 is 14.3 Å². The lowest BCUT2D eigenvalue weighted by Crippen LogP contribution is -2.25. The number of amides is 1. The molecule has 5 aromatic rings. The summed E-state index contributed by atoms with van der Waals surface area (Å²) in [6.45, 7) is 5.91. The molecule has 1 aromatic carbocycles. The van der Waals surface area contributed by atoms with E-state index >= 15 is 0 Å². The number of anilines is 1. The Labute approximate surface area is 213 Å². The molecule has 9 heteroatoms. The van der Waals surface area contributed by atoms with Crippen molar-refractivity contribution >= 4 is 23.1 Å². The van der Waals surface area contributed by atoms with E-state index in [0.717, 1.165) is 33.6 Å². The maximum atomic E-state index is 13.3. The van der Waals surface area contributed by atoms with Crippen molar-refractivity contribution in [3.63, 3.8) is 0 Å². The van der Waals surface area contributed by atoms with E-state index in [0.29, 0.717) is 11.0 Å². The Hall–Kier alpha value is -4.79. The van der Waals surface area contributed by atoms with Crippen molar-refractivity contribution in [2.45, 2.75) is 26.8 Å². The minimum Gasteiger partial charge on any atom is -0.450 e. The van der Waals surface area contributed by atoms with Crippen molar-refractivity contribution in [3.05, 3.63) is 94.8 Å². The van der Waals surface area contributed by atoms with Gasteiger partial charge in [0.2, 0.25) is 5.95 Å². The number of imidazole rings is 1. The Morgan fingerprint density at radius 2 is 1.86 bits per heavy atom. The van der Waals surface area contributed by atoms with Crippen molar-refractivity contribution in [3.8, 4) is 22.4 Å². The van der Waals surface area contributed by atoms with Crippen molar-refractivity contribution in [2.75, 3.05) is 11.9 Å². The van der Waals surface area contributed by atoms with E-state index < -0.39 is 6.09 Å². The molecule has 5 rings (SSSR count). The summed E-state index contributed by atoms with van der Waals surface area (Å²) in [7, 11) is 0. The van der Waals surface area contributed by atoms with Crippen LogP contribution in [0.5, 0.6) is 0 Å². The van der Waals surface area contributed by atoms with Gasteiger partial charge >= 0.3 is 6.09 Å². The van der Waals surface area contributed by atoms with Gasteiger partial charge in [-0.05, 0) is 79.9 Å². The first-order valence-electron chi connectivity index (χ1n) is 12.0. The van der Waals surface area contributed by atoms with Crippen LogP contribution in [0, 0.1) is 6.92 Å². The molecule has 0 aliphatic rings. The predicted molar refractivity (Wildman–Crippen MR) is 142 cm³/mol. The fraction of sp³-hybridized carbons (Fsp3) is 0.179. The van der Waals surface area contributed by atoms with E-state index in [1.54, 1.807) is 36.1 Å². The number of hydrogen-bond acceptors (Lipinski definition) is 6. The number of H-pyrrole nitrogens is 1. The molecular formula is C28H26N6O3. The van der Waals surface area contributed by atoms with E-state index in [1.807, 2.05) is 62.4 Å². The number of carbonyl (C=O) groups excluding carboxylic acids is 1. The van der Waals surface area contributed by atoms with E-state index in [2.05, 4.69) is 25.3 Å². The number of pyridine rings is 3. The number of carbonyl (C=O) groups is 1. The second-order valence-corrected chi connectivity index (χ2v) is 8.62. The largest absolute Gasteiger partial charge is 0.450 e. The number of aromatic nitrogens is 5. The standard InChI is InChI=1S/C28H26N6O3/c1-4-37-28(36)33-27-31-24-15-21(14-22(26(24)32-27)23-7-5-6-10-30-23)20-13-17(2)34(25(35)16-20)18(3)19-8-11-29-12-9-19/h5-16,18H,4H2,1-3H3,(H2,31,32,33,36). The first kappa shape index (κ1) is 23.9. The van der Waals surface area contributed by atoms with Crippen molar-refractivity contribution in [1.82, 2.24) is 24.5 Å². The van der Waals surface area contributed by atoms with Gasteiger partial charge in [-0.3, -0.25) is 20.1 Å². The van der Waals surface area contributed by atoms with Gasteiger partial charge in [0.15, 0.2) is 0 Å². The van der Waals surface area contributed by atoms with Crippen LogP contribution in [0.15, 0.2) is 78.0 Å². The van der Waals surface area contributed by atoms with Crippen LogP contribution in [-0.4, -0.2) is 37.2 Å². The predicted octanol–water partition coefficient (Wildman–Crippen LogP) is 5.33. The Kier molecular flexibility index (Phi) is 6.51. The molecule has 9 nitrogen and oxygen atoms in total. The monoisotopic (exact) mass is 494 g/mol. The summed E-state index contributed by atoms with van der Waals surface area (Å²) in [5, 5.41) is 2.62. The quantitative estimate of drug-likeness (QED) is 0.330. The molecule has 0 radical (unpaired) electrons. The molecule has 0 spiro atoms. The zero-order valence-corrected chi connectivity index (χ0v) is 20.7. The van der Waals surface area contributed by atoms with Crippen molar-refractivity contribution in [2.24, 2.45) is 0 Å². The number of rotatable bonds is 6. The van der Waals surface area contributed by atoms with Crippen molar-refractivity contribution in [1.29, 1.82) is 0 Å². The molecular weight excluding hydrogens is 468 g/mol. The Balaban J connectivity index is 1.62. The lowest BCUT2D eigenvalue weighted by atomic mass is 9.99. The highest BCUT2D eigenvalue weighted by Gasteiger charge is 2.17. The van der Waals surface area contributed by atoms with E-state index in [1.165, 1.54) is 0 Å². The molecule has 1 amide bonds. The van der Waals surface area contributed by atoms with Gasteiger partial charge in [0, 0.05) is 35.9 Å². The Morgan fingerprint density at radius 1 is 1.08 bits per heavy atom. The molecule has 1 unspecified atom stereocenters. The summed E-state index contributed by atoms with van der Waals surface area (Å²) in [4.78, 5) is 41.6. The highest BCUT2D eigenvalue weighted by Crippen LogP contribution is 2.33. The summed E-state index contributed by atoms with van der Waals surface area (Å²) in [6.07, 6.45) is 4.57. The van der Waals surface area contributed by atoms with Gasteiger partial charge in [-0.2, -0.15) is 0 Å². The molecule has 0 aliphatic carbocycles. The van der Waals surface area contributed by atoms with Gasteiger partial charge in [-0.25, -0.2) is 9.78 Å². The second-order valence-electron chi connectivity index (χ2n) is 8.62. The molecule has 0 saturated heterocycles. The fourth-order valence-electron chi connectivity index (χ4n) is 4.49. The Morgan fingerprint density at radius 3 is 2.57 bits per heavy atom. The minimum absolute atomic E-state index is 0.104. The van der Waals surface area contributed by atoms with Gasteiger partial charge in [-0.1, -0.05) is 6.07 Å². The van der Waals surface area contributed by atoms with Crippen LogP contribution in [0.2, 0.25) is 0 Å². The number of nitrogens with zero attached hydrogens (tertiary/aromatic N) is 4. The van der Waals surface area contributed by atoms with Crippen LogP contribution >= 0.6 is 0 Å². The van der Waals surface area contributed by atoms with Crippen LogP contribution in [0.25, 0.3) is 33.4 Å². The van der Waals surface area contributed by atoms with E-state index in [4.69, 9.17) is 4.74 Å². The number of fused-ring (bicyclic) bond motifs is 1. The van der Waals surface area contributed by atoms with Crippen LogP contribution in [0.1, 0.15) is 31.1 Å². The fourth-order valence-corrected chi connectivity index (χ4v) is 4.49. The average Bonchev–Trinajstić information content (AvgIpc) is 3.31. The number of hydrogen-bond donors (Lipinski definition) is 2. The number of benzene rings is 1. The summed E-state index contributed by atoms with van der Waals surface area (Å²) in [5.41, 5.74) is 6.16. The summed E-state index contributed by atoms with van der Waals surface area (Å²) >= 11 is 0. The number of nitrogens with one attached hydrogen (secondary N) is 2. The van der Waals surface area contributed by atoms with Crippen LogP contribution in [0.4, 0.5) is 10.7 Å². The molecule has 37 heavy (non-hydrogen) atoms. The molecule has 186 valence electrons. The highest BCUT2D eigenvalue weighted by atomic mass is 16.5. The second kappa shape index (κ2) is 10.1. The molecule has 0 saturated carbocycles. The maximum absolute atomic E-state index is 13.3. The lowest BCUT2D eigenvalue weighted by molar-refractivity contribution is 0.167. The van der Waals surface area contributed by atoms with Gasteiger partial charge in [0.05, 0.1) is 29.4 Å². The van der Waals surface area contributed by atoms with Gasteiger partial charge in [0.25, 0.3) is 5.56 Å². The molecule has 2 N–H and O–H groups in total. The maximum Gasteiger partial charge on any atom is 0.413 e. The van der Waals surface area contributed by atoms with Gasteiger partial charge in [-0.15, -0.1) is 0 Å². The number of aromatic amines is 1. The molecule has 0 aliphatic heterocycles. The molecule has 4 heterocycles. The molecule has 0 fully saturated rings. The van der Waals surface area contributed by atoms with Crippen LogP contribution in [-0.2, 0) is 4.74 Å². The van der Waals surface area contributed by atoms with Crippen molar-refractivity contribution < 1.29 is 9.53 Å². The number of ether oxygens (including phenoxy) is 1. The average molecular weight is 495 g/mol. The third kappa shape index (κ3) is 4.84. The van der Waals surface area contributed by atoms with Crippen LogP contribution in [0.3, 0.4) is 0 Å². The summed E-state index contributed by atoms with van der Waals surface area (Å²) < 4.78 is 6.75. The third-order valence-corrected chi connectivity index (χ3v) is 6.19. The van der Waals surface area contributed by atoms with E-state index in [-0.39, 0.29) is 24.2 Å². The summed E-state index contributed by atoms with van der Waals surface area (Å²) in [5.74, 6) is 0.264.